The Balaban J connectivity index is 0.00000480. The molecule has 0 bridgehead atoms. The van der Waals surface area contributed by atoms with E-state index < -0.39 is 20.9 Å². The molecule has 12 heteroatoms. The third-order valence-electron chi connectivity index (χ3n) is 3.71. The first kappa shape index (κ1) is 23.9. The molecule has 0 aliphatic heterocycles. The molecular weight excluding hydrogens is 437 g/mol. The highest BCUT2D eigenvalue weighted by molar-refractivity contribution is 7.91. The summed E-state index contributed by atoms with van der Waals surface area (Å²) >= 11 is 0.648. The van der Waals surface area contributed by atoms with Gasteiger partial charge in [-0.1, -0.05) is 28.6 Å². The zero-order chi connectivity index (χ0) is 22.0. The molecule has 1 aromatic carbocycles. The molecule has 1 amide bonds. The molecule has 0 spiro atoms. The summed E-state index contributed by atoms with van der Waals surface area (Å²) in [7, 11) is -2.00. The van der Waals surface area contributed by atoms with Gasteiger partial charge >= 0.3 is 0 Å². The number of hydrogen-bond donors (Lipinski definition) is 2. The molecule has 1 heterocycles. The fourth-order valence-corrected chi connectivity index (χ4v) is 4.09. The third-order valence-corrected chi connectivity index (χ3v) is 6.23. The first-order valence-electron chi connectivity index (χ1n) is 8.93. The number of oxime groups is 1. The molecule has 0 atom stereocenters. The second-order valence-corrected chi connectivity index (χ2v) is 9.05. The number of aliphatic hydroxyl groups is 1. The minimum absolute atomic E-state index is 0. The Hall–Kier alpha value is -2.41. The summed E-state index contributed by atoms with van der Waals surface area (Å²) in [6, 6.07) is 5.60. The molecule has 2 aromatic rings. The summed E-state index contributed by atoms with van der Waals surface area (Å²) in [6.07, 6.45) is 1.64. The number of nitrogens with one attached hydrogen (secondary N) is 1. The summed E-state index contributed by atoms with van der Waals surface area (Å²) in [5, 5.41) is 14.5. The topological polar surface area (TPSA) is 127 Å². The van der Waals surface area contributed by atoms with Gasteiger partial charge in [0.05, 0.1) is 16.8 Å². The van der Waals surface area contributed by atoms with Crippen molar-refractivity contribution in [3.63, 3.8) is 0 Å². The van der Waals surface area contributed by atoms with Gasteiger partial charge in [0.25, 0.3) is 5.91 Å². The predicted octanol–water partition coefficient (Wildman–Crippen LogP) is 2.08. The first-order valence-corrected chi connectivity index (χ1v) is 11.4. The number of benzene rings is 1. The fraction of sp³-hybridized carbons (Fsp3) is 0.389. The number of ether oxygens (including phenoxy) is 1. The van der Waals surface area contributed by atoms with Gasteiger partial charge in [-0.3, -0.25) is 10.1 Å². The van der Waals surface area contributed by atoms with Crippen molar-refractivity contribution in [3.8, 4) is 0 Å². The normalized spacial score (nSPS) is 12.0. The maximum absolute atomic E-state index is 13.1. The number of thiazole rings is 1. The predicted molar refractivity (Wildman–Crippen MR) is 112 cm³/mol. The Morgan fingerprint density at radius 2 is 2.03 bits per heavy atom. The monoisotopic (exact) mass is 461 g/mol. The van der Waals surface area contributed by atoms with E-state index in [2.05, 4.69) is 15.5 Å². The van der Waals surface area contributed by atoms with Crippen LogP contribution in [-0.2, 0) is 24.2 Å². The number of aromatic nitrogens is 1. The standard InChI is InChI=1S/C18H22FN3O6S2.H2/c1-27-9-3-11-30(25,26)14-6-4-13(5-7-14)16(22-28-10-2-8-23)17(24)21-18-20-12-15(19)29-18;/h4-7,12,23H,2-3,8-11H2,1H3,(H,20,21,24);1H/b22-16+;. The van der Waals surface area contributed by atoms with E-state index in [4.69, 9.17) is 14.7 Å². The number of halogens is 1. The molecule has 0 aliphatic carbocycles. The lowest BCUT2D eigenvalue weighted by Gasteiger charge is -2.08. The van der Waals surface area contributed by atoms with Crippen molar-refractivity contribution in [2.24, 2.45) is 5.16 Å². The summed E-state index contributed by atoms with van der Waals surface area (Å²) in [6.45, 7) is 0.299. The minimum atomic E-state index is -3.49. The van der Waals surface area contributed by atoms with E-state index in [9.17, 15) is 17.6 Å². The summed E-state index contributed by atoms with van der Waals surface area (Å²) < 4.78 is 42.7. The third kappa shape index (κ3) is 7.13. The SMILES string of the molecule is COCCCS(=O)(=O)c1ccc(/C(=N\OCCCO)C(=O)Nc2ncc(F)s2)cc1.[HH]. The number of aliphatic hydroxyl groups excluding tert-OH is 1. The quantitative estimate of drug-likeness (QED) is 0.281. The second kappa shape index (κ2) is 11.7. The number of rotatable bonds is 12. The van der Waals surface area contributed by atoms with E-state index in [0.717, 1.165) is 6.20 Å². The summed E-state index contributed by atoms with van der Waals surface area (Å²) in [5.74, 6) is -0.773. The van der Waals surface area contributed by atoms with Crippen LogP contribution in [0.4, 0.5) is 9.52 Å². The van der Waals surface area contributed by atoms with Gasteiger partial charge in [-0.2, -0.15) is 4.39 Å². The number of carbonyl (C=O) groups is 1. The largest absolute Gasteiger partial charge is 0.396 e. The molecule has 166 valence electrons. The molecule has 0 aliphatic rings. The van der Waals surface area contributed by atoms with Gasteiger partial charge in [0.15, 0.2) is 25.8 Å². The lowest BCUT2D eigenvalue weighted by atomic mass is 10.1. The highest BCUT2D eigenvalue weighted by atomic mass is 32.2. The molecule has 1 aromatic heterocycles. The molecular formula is C18H24FN3O6S2. The van der Waals surface area contributed by atoms with Crippen molar-refractivity contribution in [3.05, 3.63) is 41.2 Å². The average molecular weight is 462 g/mol. The zero-order valence-corrected chi connectivity index (χ0v) is 17.8. The van der Waals surface area contributed by atoms with Crippen LogP contribution in [-0.4, -0.2) is 62.8 Å². The van der Waals surface area contributed by atoms with Crippen molar-refractivity contribution in [1.29, 1.82) is 0 Å². The number of anilines is 1. The zero-order valence-electron chi connectivity index (χ0n) is 16.2. The lowest BCUT2D eigenvalue weighted by Crippen LogP contribution is -2.24. The van der Waals surface area contributed by atoms with Crippen molar-refractivity contribution in [2.45, 2.75) is 17.7 Å². The van der Waals surface area contributed by atoms with Crippen LogP contribution < -0.4 is 5.32 Å². The summed E-state index contributed by atoms with van der Waals surface area (Å²) in [4.78, 5) is 21.5. The Bertz CT molecular complexity index is 967. The van der Waals surface area contributed by atoms with Gasteiger partial charge in [-0.15, -0.1) is 0 Å². The number of methoxy groups -OCH3 is 1. The molecule has 0 unspecified atom stereocenters. The van der Waals surface area contributed by atoms with Gasteiger partial charge in [-0.25, -0.2) is 13.4 Å². The number of sulfone groups is 1. The Morgan fingerprint density at radius 3 is 2.63 bits per heavy atom. The highest BCUT2D eigenvalue weighted by Crippen LogP contribution is 2.18. The molecule has 0 saturated heterocycles. The van der Waals surface area contributed by atoms with Crippen LogP contribution in [0.1, 0.15) is 19.8 Å². The van der Waals surface area contributed by atoms with Gasteiger partial charge in [-0.05, 0) is 18.6 Å². The minimum Gasteiger partial charge on any atom is -0.396 e. The van der Waals surface area contributed by atoms with Crippen LogP contribution in [0.2, 0.25) is 0 Å². The van der Waals surface area contributed by atoms with Crippen molar-refractivity contribution < 1.29 is 33.7 Å². The average Bonchev–Trinajstić information content (AvgIpc) is 3.12. The van der Waals surface area contributed by atoms with E-state index >= 15 is 0 Å². The van der Waals surface area contributed by atoms with E-state index in [0.29, 0.717) is 36.3 Å². The number of carbonyl (C=O) groups excluding carboxylic acids is 1. The van der Waals surface area contributed by atoms with E-state index in [1.54, 1.807) is 0 Å². The van der Waals surface area contributed by atoms with Crippen molar-refractivity contribution >= 4 is 37.9 Å². The van der Waals surface area contributed by atoms with Gasteiger partial charge in [0.2, 0.25) is 0 Å². The van der Waals surface area contributed by atoms with Crippen molar-refractivity contribution in [1.82, 2.24) is 4.98 Å². The van der Waals surface area contributed by atoms with Crippen LogP contribution in [0.3, 0.4) is 0 Å². The van der Waals surface area contributed by atoms with Crippen LogP contribution in [0, 0.1) is 5.13 Å². The first-order chi connectivity index (χ1) is 14.4. The maximum Gasteiger partial charge on any atom is 0.280 e. The lowest BCUT2D eigenvalue weighted by molar-refractivity contribution is -0.110. The molecule has 0 saturated carbocycles. The molecule has 9 nitrogen and oxygen atoms in total. The number of nitrogens with zero attached hydrogens (tertiary/aromatic N) is 2. The molecule has 2 rings (SSSR count). The maximum atomic E-state index is 13.1. The smallest absolute Gasteiger partial charge is 0.280 e. The highest BCUT2D eigenvalue weighted by Gasteiger charge is 2.19. The van der Waals surface area contributed by atoms with E-state index in [1.165, 1.54) is 31.4 Å². The van der Waals surface area contributed by atoms with Gasteiger partial charge in [0, 0.05) is 33.7 Å². The number of amides is 1. The van der Waals surface area contributed by atoms with Crippen molar-refractivity contribution in [2.75, 3.05) is 38.0 Å². The number of hydrogen-bond acceptors (Lipinski definition) is 9. The van der Waals surface area contributed by atoms with Crippen LogP contribution in [0.5, 0.6) is 0 Å². The Labute approximate surface area is 178 Å². The van der Waals surface area contributed by atoms with Gasteiger partial charge < -0.3 is 14.7 Å². The molecule has 0 radical (unpaired) electrons. The van der Waals surface area contributed by atoms with Crippen LogP contribution in [0.25, 0.3) is 0 Å². The molecule has 30 heavy (non-hydrogen) atoms. The molecule has 0 fully saturated rings. The second-order valence-electron chi connectivity index (χ2n) is 5.96. The van der Waals surface area contributed by atoms with E-state index in [1.807, 2.05) is 0 Å². The van der Waals surface area contributed by atoms with Gasteiger partial charge in [0.1, 0.15) is 6.61 Å². The fourth-order valence-electron chi connectivity index (χ4n) is 2.26. The van der Waals surface area contributed by atoms with Crippen LogP contribution in [0.15, 0.2) is 40.5 Å². The Kier molecular flexibility index (Phi) is 9.30. The van der Waals surface area contributed by atoms with E-state index in [-0.39, 0.29) is 36.1 Å². The van der Waals surface area contributed by atoms with Crippen LogP contribution >= 0.6 is 11.3 Å². The Morgan fingerprint density at radius 1 is 1.30 bits per heavy atom. The summed E-state index contributed by atoms with van der Waals surface area (Å²) in [5.41, 5.74) is 0.149. The molecule has 2 N–H and O–H groups in total.